The summed E-state index contributed by atoms with van der Waals surface area (Å²) in [6, 6.07) is 44.9. The molecule has 5 N–H and O–H groups in total. The molecule has 0 unspecified atom stereocenters. The topological polar surface area (TPSA) is 113 Å². The van der Waals surface area contributed by atoms with Crippen LogP contribution in [0.15, 0.2) is 143 Å². The molecule has 1 heterocycles. The summed E-state index contributed by atoms with van der Waals surface area (Å²) >= 11 is 0. The van der Waals surface area contributed by atoms with Gasteiger partial charge in [0.05, 0.1) is 17.1 Å². The molecule has 0 amide bonds. The van der Waals surface area contributed by atoms with E-state index >= 15 is 0 Å². The number of nitrogens with one attached hydrogen (secondary N) is 3. The summed E-state index contributed by atoms with van der Waals surface area (Å²) in [6.07, 6.45) is 1.58. The third-order valence-electron chi connectivity index (χ3n) is 8.16. The van der Waals surface area contributed by atoms with Gasteiger partial charge in [-0.3, -0.25) is 4.99 Å². The molecule has 258 valence electrons. The summed E-state index contributed by atoms with van der Waals surface area (Å²) in [5, 5.41) is 9.24. The van der Waals surface area contributed by atoms with Gasteiger partial charge in [0.15, 0.2) is 11.7 Å². The van der Waals surface area contributed by atoms with Crippen LogP contribution in [0.4, 0.5) is 17.1 Å². The Kier molecular flexibility index (Phi) is 12.8. The summed E-state index contributed by atoms with van der Waals surface area (Å²) in [5.74, 6) is 1.25. The second-order valence-corrected chi connectivity index (χ2v) is 11.9. The first-order chi connectivity index (χ1) is 24.9. The van der Waals surface area contributed by atoms with E-state index in [0.717, 1.165) is 69.1 Å². The third-order valence-corrected chi connectivity index (χ3v) is 8.16. The zero-order valence-electron chi connectivity index (χ0n) is 30.0. The summed E-state index contributed by atoms with van der Waals surface area (Å²) in [4.78, 5) is 19.9. The van der Waals surface area contributed by atoms with Gasteiger partial charge in [-0.15, -0.1) is 0 Å². The van der Waals surface area contributed by atoms with Crippen molar-refractivity contribution >= 4 is 28.6 Å². The molecular weight excluding hydrogens is 629 g/mol. The van der Waals surface area contributed by atoms with Crippen molar-refractivity contribution in [2.75, 3.05) is 51.6 Å². The Bertz CT molecular complexity index is 2100. The number of aryl methyl sites for hydroxylation is 1. The van der Waals surface area contributed by atoms with Gasteiger partial charge in [-0.25, -0.2) is 15.0 Å². The average molecular weight is 675 g/mol. The van der Waals surface area contributed by atoms with Crippen LogP contribution in [0.2, 0.25) is 0 Å². The minimum atomic E-state index is 0.612. The monoisotopic (exact) mass is 674 g/mol. The van der Waals surface area contributed by atoms with Crippen molar-refractivity contribution in [2.24, 2.45) is 9.98 Å². The van der Waals surface area contributed by atoms with Crippen LogP contribution < -0.4 is 21.7 Å². The number of amidine groups is 1. The van der Waals surface area contributed by atoms with Crippen LogP contribution in [-0.2, 0) is 6.42 Å². The van der Waals surface area contributed by atoms with Gasteiger partial charge >= 0.3 is 0 Å². The van der Waals surface area contributed by atoms with E-state index in [1.54, 1.807) is 7.05 Å². The van der Waals surface area contributed by atoms with Crippen LogP contribution >= 0.6 is 0 Å². The molecule has 51 heavy (non-hydrogen) atoms. The maximum absolute atomic E-state index is 6.15. The minimum Gasteiger partial charge on any atom is -0.399 e. The Hall–Kier alpha value is -6.12. The fourth-order valence-electron chi connectivity index (χ4n) is 5.61. The van der Waals surface area contributed by atoms with Crippen molar-refractivity contribution in [3.63, 3.8) is 0 Å². The highest BCUT2D eigenvalue weighted by atomic mass is 14.9. The first-order valence-corrected chi connectivity index (χ1v) is 17.0. The number of nitrogens with zero attached hydrogens (tertiary/aromatic N) is 4. The lowest BCUT2D eigenvalue weighted by Crippen LogP contribution is -2.09. The molecule has 0 saturated carbocycles. The highest BCUT2D eigenvalue weighted by molar-refractivity contribution is 6.13. The van der Waals surface area contributed by atoms with E-state index in [0.29, 0.717) is 17.3 Å². The number of aromatic nitrogens is 2. The number of anilines is 3. The molecule has 1 aromatic heterocycles. The van der Waals surface area contributed by atoms with E-state index in [2.05, 4.69) is 87.7 Å². The lowest BCUT2D eigenvalue weighted by molar-refractivity contribution is 1.02. The molecular formula is C43H46N8. The van der Waals surface area contributed by atoms with Gasteiger partial charge in [-0.2, -0.15) is 0 Å². The van der Waals surface area contributed by atoms with E-state index in [9.17, 15) is 0 Å². The summed E-state index contributed by atoms with van der Waals surface area (Å²) < 4.78 is 0. The lowest BCUT2D eigenvalue weighted by Gasteiger charge is -2.12. The molecule has 0 aliphatic heterocycles. The SMILES string of the molecule is CN=C(N=C(CCc1cccc(NC)c1)c1cccc(NC)c1)c1cccc(-c2nc(-c3ccccc3)cc(-c3cccc(N)c3)n2)c1.CNC. The van der Waals surface area contributed by atoms with Crippen LogP contribution in [0, 0.1) is 0 Å². The smallest absolute Gasteiger partial charge is 0.160 e. The fourth-order valence-corrected chi connectivity index (χ4v) is 5.61. The fraction of sp³-hybridized carbons (Fsp3) is 0.163. The van der Waals surface area contributed by atoms with E-state index in [-0.39, 0.29) is 0 Å². The molecule has 5 aromatic carbocycles. The van der Waals surface area contributed by atoms with E-state index < -0.39 is 0 Å². The zero-order chi connectivity index (χ0) is 36.0. The highest BCUT2D eigenvalue weighted by Gasteiger charge is 2.14. The van der Waals surface area contributed by atoms with Gasteiger partial charge in [0.25, 0.3) is 0 Å². The molecule has 8 nitrogen and oxygen atoms in total. The number of hydrogen-bond acceptors (Lipinski definition) is 7. The molecule has 0 aliphatic carbocycles. The summed E-state index contributed by atoms with van der Waals surface area (Å²) in [7, 11) is 9.40. The van der Waals surface area contributed by atoms with Crippen molar-refractivity contribution in [3.05, 3.63) is 150 Å². The van der Waals surface area contributed by atoms with Crippen LogP contribution in [0.25, 0.3) is 33.9 Å². The normalized spacial score (nSPS) is 11.4. The van der Waals surface area contributed by atoms with Crippen molar-refractivity contribution in [1.82, 2.24) is 15.3 Å². The van der Waals surface area contributed by atoms with Crippen molar-refractivity contribution in [2.45, 2.75) is 12.8 Å². The third kappa shape index (κ3) is 9.74. The van der Waals surface area contributed by atoms with Gasteiger partial charge in [0.2, 0.25) is 0 Å². The van der Waals surface area contributed by atoms with Gasteiger partial charge in [0, 0.05) is 60.5 Å². The van der Waals surface area contributed by atoms with Crippen LogP contribution in [0.1, 0.15) is 23.1 Å². The second kappa shape index (κ2) is 18.0. The number of rotatable bonds is 10. The maximum atomic E-state index is 6.15. The second-order valence-electron chi connectivity index (χ2n) is 11.9. The molecule has 0 bridgehead atoms. The molecule has 0 spiro atoms. The van der Waals surface area contributed by atoms with Crippen LogP contribution in [-0.4, -0.2) is 56.8 Å². The molecule has 0 saturated heterocycles. The van der Waals surface area contributed by atoms with Gasteiger partial charge < -0.3 is 21.7 Å². The Morgan fingerprint density at radius 1 is 0.608 bits per heavy atom. The van der Waals surface area contributed by atoms with Crippen LogP contribution in [0.5, 0.6) is 0 Å². The number of nitrogens with two attached hydrogens (primary N) is 1. The predicted molar refractivity (Wildman–Crippen MR) is 217 cm³/mol. The predicted octanol–water partition coefficient (Wildman–Crippen LogP) is 8.48. The van der Waals surface area contributed by atoms with Gasteiger partial charge in [-0.05, 0) is 86.6 Å². The van der Waals surface area contributed by atoms with Crippen molar-refractivity contribution in [1.29, 1.82) is 0 Å². The largest absolute Gasteiger partial charge is 0.399 e. The van der Waals surface area contributed by atoms with Crippen LogP contribution in [0.3, 0.4) is 0 Å². The molecule has 6 aromatic rings. The first kappa shape index (κ1) is 36.2. The Balaban J connectivity index is 0.00000162. The van der Waals surface area contributed by atoms with Crippen molar-refractivity contribution in [3.8, 4) is 33.9 Å². The number of benzene rings is 5. The summed E-state index contributed by atoms with van der Waals surface area (Å²) in [6.45, 7) is 0. The Morgan fingerprint density at radius 2 is 1.22 bits per heavy atom. The summed E-state index contributed by atoms with van der Waals surface area (Å²) in [5.41, 5.74) is 17.5. The molecule has 0 fully saturated rings. The number of hydrogen-bond donors (Lipinski definition) is 4. The van der Waals surface area contributed by atoms with Crippen molar-refractivity contribution < 1.29 is 0 Å². The quantitative estimate of drug-likeness (QED) is 0.0659. The molecule has 0 radical (unpaired) electrons. The molecule has 0 aliphatic rings. The van der Waals surface area contributed by atoms with E-state index in [1.165, 1.54) is 5.56 Å². The number of nitrogen functional groups attached to an aromatic ring is 1. The molecule has 6 rings (SSSR count). The lowest BCUT2D eigenvalue weighted by atomic mass is 10.0. The minimum absolute atomic E-state index is 0.612. The number of aliphatic imine (C=N–C) groups is 2. The maximum Gasteiger partial charge on any atom is 0.160 e. The first-order valence-electron chi connectivity index (χ1n) is 17.0. The van der Waals surface area contributed by atoms with E-state index in [1.807, 2.05) is 94.9 Å². The Labute approximate surface area is 301 Å². The Morgan fingerprint density at radius 3 is 1.92 bits per heavy atom. The molecule has 0 atom stereocenters. The standard InChI is InChI=1S/C41H39N7.C2H7N/c1-43-35-19-7-11-28(23-35)21-22-37(31-15-10-20-36(26-31)44-2)46-40(45-3)32-16-8-17-33(24-32)41-47-38(29-12-5-4-6-13-29)27-39(48-41)30-14-9-18-34(42)25-30;1-3-2/h4-20,23-27,43-44H,21-22,42H2,1-3H3;3H,1-2H3. The van der Waals surface area contributed by atoms with Gasteiger partial charge in [-0.1, -0.05) is 84.9 Å². The zero-order valence-corrected chi connectivity index (χ0v) is 30.0. The van der Waals surface area contributed by atoms with E-state index in [4.69, 9.17) is 20.7 Å². The molecule has 8 heteroatoms. The highest BCUT2D eigenvalue weighted by Crippen LogP contribution is 2.29. The van der Waals surface area contributed by atoms with Gasteiger partial charge in [0.1, 0.15) is 0 Å². The average Bonchev–Trinajstić information content (AvgIpc) is 3.18.